The maximum Gasteiger partial charge on any atom is 0.408 e. The van der Waals surface area contributed by atoms with Crippen molar-refractivity contribution in [3.8, 4) is 0 Å². The lowest BCUT2D eigenvalue weighted by molar-refractivity contribution is -0.147. The van der Waals surface area contributed by atoms with E-state index in [2.05, 4.69) is 21.6 Å². The van der Waals surface area contributed by atoms with E-state index in [9.17, 15) is 23.4 Å². The summed E-state index contributed by atoms with van der Waals surface area (Å²) in [4.78, 5) is 50.0. The average Bonchev–Trinajstić information content (AvgIpc) is 2.74. The Kier molecular flexibility index (Phi) is 11.1. The summed E-state index contributed by atoms with van der Waals surface area (Å²) in [5.74, 6) is -3.32. The van der Waals surface area contributed by atoms with Crippen molar-refractivity contribution in [3.05, 3.63) is 43.0 Å². The molecular weight excluding hydrogens is 474 g/mol. The minimum Gasteiger partial charge on any atom is -0.460 e. The van der Waals surface area contributed by atoms with Gasteiger partial charge in [0, 0.05) is 4.90 Å². The lowest BCUT2D eigenvalue weighted by Crippen LogP contribution is -2.47. The third-order valence-electron chi connectivity index (χ3n) is 4.36. The van der Waals surface area contributed by atoms with E-state index in [1.807, 2.05) is 0 Å². The molecule has 1 unspecified atom stereocenters. The van der Waals surface area contributed by atoms with Crippen LogP contribution in [0.1, 0.15) is 41.5 Å². The predicted octanol–water partition coefficient (Wildman–Crippen LogP) is 2.82. The van der Waals surface area contributed by atoms with Crippen LogP contribution in [-0.4, -0.2) is 58.1 Å². The predicted molar refractivity (Wildman–Crippen MR) is 132 cm³/mol. The Morgan fingerprint density at radius 2 is 1.69 bits per heavy atom. The van der Waals surface area contributed by atoms with Gasteiger partial charge in [0.15, 0.2) is 0 Å². The lowest BCUT2D eigenvalue weighted by Gasteiger charge is -2.22. The number of carbonyl (C=O) groups excluding carboxylic acids is 4. The number of nitrogens with zero attached hydrogens (tertiary/aromatic N) is 1. The highest BCUT2D eigenvalue weighted by Gasteiger charge is 2.29. The standard InChI is InChI=1S/C24H35N3O7S/c1-8-14-33-22(30)20(16(2)3)26-19(28)15-35(32,18-12-10-9-11-13-18)27-21(29)17(4)25-23(31)34-24(5,6)7/h8-13,16-17,20H,1,14-15H2,2-7H3,(H,25,31)(H,26,28)/t17-,20-,35?/m0/s1. The summed E-state index contributed by atoms with van der Waals surface area (Å²) in [5.41, 5.74) is -0.778. The van der Waals surface area contributed by atoms with Crippen LogP contribution < -0.4 is 10.6 Å². The number of hydrogen-bond donors (Lipinski definition) is 2. The zero-order valence-electron chi connectivity index (χ0n) is 21.0. The summed E-state index contributed by atoms with van der Waals surface area (Å²) < 4.78 is 27.8. The Balaban J connectivity index is 3.18. The van der Waals surface area contributed by atoms with Crippen LogP contribution in [0.2, 0.25) is 0 Å². The molecule has 0 aliphatic heterocycles. The van der Waals surface area contributed by atoms with Crippen LogP contribution >= 0.6 is 0 Å². The summed E-state index contributed by atoms with van der Waals surface area (Å²) in [6, 6.07) is 5.69. The molecule has 3 amide bonds. The second kappa shape index (κ2) is 13.0. The fraction of sp³-hybridized carbons (Fsp3) is 0.500. The Labute approximate surface area is 207 Å². The zero-order chi connectivity index (χ0) is 26.8. The van der Waals surface area contributed by atoms with Crippen LogP contribution in [0.5, 0.6) is 0 Å². The monoisotopic (exact) mass is 509 g/mol. The second-order valence-electron chi connectivity index (χ2n) is 9.10. The van der Waals surface area contributed by atoms with Crippen molar-refractivity contribution in [2.24, 2.45) is 10.3 Å². The van der Waals surface area contributed by atoms with Crippen molar-refractivity contribution in [3.63, 3.8) is 0 Å². The van der Waals surface area contributed by atoms with Crippen LogP contribution in [0.3, 0.4) is 0 Å². The van der Waals surface area contributed by atoms with Crippen LogP contribution in [0.4, 0.5) is 4.79 Å². The van der Waals surface area contributed by atoms with E-state index in [-0.39, 0.29) is 17.4 Å². The number of amides is 3. The van der Waals surface area contributed by atoms with Gasteiger partial charge in [-0.2, -0.15) is 4.36 Å². The van der Waals surface area contributed by atoms with Gasteiger partial charge >= 0.3 is 12.1 Å². The van der Waals surface area contributed by atoms with Crippen LogP contribution in [0.25, 0.3) is 0 Å². The number of rotatable bonds is 10. The Morgan fingerprint density at radius 1 is 1.09 bits per heavy atom. The van der Waals surface area contributed by atoms with E-state index < -0.39 is 57.0 Å². The normalized spacial score (nSPS) is 14.6. The first kappa shape index (κ1) is 29.8. The molecule has 10 nitrogen and oxygen atoms in total. The van der Waals surface area contributed by atoms with Crippen LogP contribution in [0, 0.1) is 5.92 Å². The van der Waals surface area contributed by atoms with Gasteiger partial charge in [-0.1, -0.05) is 44.7 Å². The summed E-state index contributed by atoms with van der Waals surface area (Å²) in [7, 11) is -3.59. The van der Waals surface area contributed by atoms with Crippen LogP contribution in [-0.2, 0) is 33.6 Å². The molecule has 11 heteroatoms. The molecule has 1 rings (SSSR count). The van der Waals surface area contributed by atoms with Crippen molar-refractivity contribution in [1.29, 1.82) is 0 Å². The maximum absolute atomic E-state index is 13.8. The van der Waals surface area contributed by atoms with Crippen molar-refractivity contribution in [2.75, 3.05) is 12.4 Å². The van der Waals surface area contributed by atoms with E-state index in [1.165, 1.54) is 25.1 Å². The van der Waals surface area contributed by atoms with Crippen molar-refractivity contribution >= 4 is 33.6 Å². The minimum atomic E-state index is -3.59. The fourth-order valence-corrected chi connectivity index (χ4v) is 4.50. The number of carbonyl (C=O) groups is 4. The highest BCUT2D eigenvalue weighted by molar-refractivity contribution is 7.94. The van der Waals surface area contributed by atoms with Gasteiger partial charge in [0.05, 0.1) is 9.73 Å². The van der Waals surface area contributed by atoms with E-state index in [1.54, 1.807) is 52.8 Å². The topological polar surface area (TPSA) is 140 Å². The number of ether oxygens (including phenoxy) is 2. The first-order valence-electron chi connectivity index (χ1n) is 11.1. The number of nitrogens with one attached hydrogen (secondary N) is 2. The maximum atomic E-state index is 13.8. The number of esters is 1. The molecule has 0 saturated heterocycles. The van der Waals surface area contributed by atoms with E-state index >= 15 is 0 Å². The molecule has 2 N–H and O–H groups in total. The molecule has 194 valence electrons. The first-order chi connectivity index (χ1) is 16.2. The molecule has 0 aliphatic rings. The highest BCUT2D eigenvalue weighted by atomic mass is 32.2. The largest absolute Gasteiger partial charge is 0.460 e. The molecule has 1 aromatic carbocycles. The molecule has 0 aromatic heterocycles. The summed E-state index contributed by atoms with van der Waals surface area (Å²) in [5, 5.41) is 4.87. The van der Waals surface area contributed by atoms with Crippen molar-refractivity contribution in [2.45, 2.75) is 64.1 Å². The molecule has 0 heterocycles. The Hall–Kier alpha value is -3.21. The molecule has 0 fully saturated rings. The summed E-state index contributed by atoms with van der Waals surface area (Å²) in [6.07, 6.45) is 0.561. The van der Waals surface area contributed by atoms with Gasteiger partial charge in [-0.25, -0.2) is 13.8 Å². The highest BCUT2D eigenvalue weighted by Crippen LogP contribution is 2.16. The van der Waals surface area contributed by atoms with Gasteiger partial charge in [-0.15, -0.1) is 0 Å². The van der Waals surface area contributed by atoms with Gasteiger partial charge in [-0.3, -0.25) is 9.59 Å². The van der Waals surface area contributed by atoms with Gasteiger partial charge < -0.3 is 20.1 Å². The van der Waals surface area contributed by atoms with Crippen LogP contribution in [0.15, 0.2) is 52.2 Å². The third kappa shape index (κ3) is 10.3. The van der Waals surface area contributed by atoms with Crippen molar-refractivity contribution < 1.29 is 32.9 Å². The second-order valence-corrected chi connectivity index (χ2v) is 11.3. The van der Waals surface area contributed by atoms with Crippen molar-refractivity contribution in [1.82, 2.24) is 10.6 Å². The Morgan fingerprint density at radius 3 is 2.20 bits per heavy atom. The molecule has 0 aliphatic carbocycles. The van der Waals surface area contributed by atoms with E-state index in [4.69, 9.17) is 9.47 Å². The van der Waals surface area contributed by atoms with E-state index in [0.717, 1.165) is 0 Å². The first-order valence-corrected chi connectivity index (χ1v) is 12.8. The molecule has 3 atom stereocenters. The molecule has 0 saturated carbocycles. The minimum absolute atomic E-state index is 0.0228. The molecule has 0 radical (unpaired) electrons. The third-order valence-corrected chi connectivity index (χ3v) is 6.50. The quantitative estimate of drug-likeness (QED) is 0.365. The fourth-order valence-electron chi connectivity index (χ4n) is 2.69. The van der Waals surface area contributed by atoms with Gasteiger partial charge in [0.25, 0.3) is 5.91 Å². The number of benzene rings is 1. The van der Waals surface area contributed by atoms with Gasteiger partial charge in [0.2, 0.25) is 5.91 Å². The number of alkyl carbamates (subject to hydrolysis) is 1. The SMILES string of the molecule is C=CCOC(=O)[C@@H](NC(=O)CS(=O)(=NC(=O)[C@H](C)NC(=O)OC(C)(C)C)c1ccccc1)C(C)C. The molecule has 35 heavy (non-hydrogen) atoms. The van der Waals surface area contributed by atoms with E-state index in [0.29, 0.717) is 0 Å². The summed E-state index contributed by atoms with van der Waals surface area (Å²) >= 11 is 0. The summed E-state index contributed by atoms with van der Waals surface area (Å²) in [6.45, 7) is 13.3. The number of hydrogen-bond acceptors (Lipinski definition) is 7. The zero-order valence-corrected chi connectivity index (χ0v) is 21.8. The molecule has 0 spiro atoms. The lowest BCUT2D eigenvalue weighted by atomic mass is 10.0. The Bertz CT molecular complexity index is 1040. The molecular formula is C24H35N3O7S. The smallest absolute Gasteiger partial charge is 0.408 e. The average molecular weight is 510 g/mol. The molecule has 0 bridgehead atoms. The van der Waals surface area contributed by atoms with Gasteiger partial charge in [0.1, 0.15) is 30.0 Å². The van der Waals surface area contributed by atoms with Gasteiger partial charge in [-0.05, 0) is 45.7 Å². The molecule has 1 aromatic rings.